The standard InChI is InChI=1S/C43H44N2O6/c1-29(2)26-45(27-40(46)42(48)51-36-23-22-32-13-8-15-35(32)25-36)43(49)44-39(41(47)50-28-31-10-4-3-5-11-31)24-30-18-20-34(21-19-30)38-17-9-14-33-12-6-7-16-37(33)38/h3-7,9-12,14,16-23,25,29,39-40,46H,8,13,15,24,26-28H2,1-2H3,(H,44,49)/t39-,40?/m0/s1. The van der Waals surface area contributed by atoms with Gasteiger partial charge >= 0.3 is 18.0 Å². The van der Waals surface area contributed by atoms with E-state index in [2.05, 4.69) is 29.6 Å². The fourth-order valence-corrected chi connectivity index (χ4v) is 6.56. The molecule has 262 valence electrons. The zero-order chi connectivity index (χ0) is 35.7. The van der Waals surface area contributed by atoms with Crippen LogP contribution in [0.2, 0.25) is 0 Å². The smallest absolute Gasteiger partial charge is 0.342 e. The minimum absolute atomic E-state index is 0.0146. The molecule has 1 aliphatic rings. The van der Waals surface area contributed by atoms with Crippen molar-refractivity contribution in [3.63, 3.8) is 0 Å². The monoisotopic (exact) mass is 684 g/mol. The molecule has 5 aromatic carbocycles. The van der Waals surface area contributed by atoms with Gasteiger partial charge in [0.25, 0.3) is 0 Å². The quantitative estimate of drug-likeness (QED) is 0.0998. The van der Waals surface area contributed by atoms with Crippen LogP contribution in [0.15, 0.2) is 115 Å². The van der Waals surface area contributed by atoms with E-state index in [1.54, 1.807) is 6.07 Å². The average molecular weight is 685 g/mol. The van der Waals surface area contributed by atoms with Crippen LogP contribution in [0.4, 0.5) is 4.79 Å². The molecule has 2 atom stereocenters. The van der Waals surface area contributed by atoms with E-state index in [9.17, 15) is 19.5 Å². The summed E-state index contributed by atoms with van der Waals surface area (Å²) in [6.07, 6.45) is 1.57. The number of ether oxygens (including phenoxy) is 2. The Balaban J connectivity index is 1.17. The van der Waals surface area contributed by atoms with E-state index >= 15 is 0 Å². The summed E-state index contributed by atoms with van der Waals surface area (Å²) in [5.41, 5.74) is 6.17. The van der Waals surface area contributed by atoms with Gasteiger partial charge in [0.2, 0.25) is 0 Å². The maximum atomic E-state index is 13.8. The van der Waals surface area contributed by atoms with Crippen molar-refractivity contribution in [3.05, 3.63) is 138 Å². The number of aliphatic hydroxyl groups excluding tert-OH is 1. The summed E-state index contributed by atoms with van der Waals surface area (Å²) in [4.78, 5) is 41.7. The summed E-state index contributed by atoms with van der Waals surface area (Å²) in [6, 6.07) is 35.6. The molecule has 5 aromatic rings. The molecular weight excluding hydrogens is 640 g/mol. The van der Waals surface area contributed by atoms with Crippen LogP contribution in [0.3, 0.4) is 0 Å². The molecule has 0 saturated heterocycles. The number of aliphatic hydroxyl groups is 1. The molecule has 2 N–H and O–H groups in total. The Morgan fingerprint density at radius 1 is 0.765 bits per heavy atom. The minimum atomic E-state index is -1.59. The Labute approximate surface area is 299 Å². The molecule has 0 aliphatic heterocycles. The van der Waals surface area contributed by atoms with Gasteiger partial charge in [0.1, 0.15) is 18.4 Å². The van der Waals surface area contributed by atoms with Crippen molar-refractivity contribution in [2.45, 2.75) is 58.3 Å². The van der Waals surface area contributed by atoms with E-state index in [1.807, 2.05) is 98.8 Å². The van der Waals surface area contributed by atoms with E-state index in [4.69, 9.17) is 9.47 Å². The van der Waals surface area contributed by atoms with Gasteiger partial charge in [0, 0.05) is 13.0 Å². The molecule has 2 amide bonds. The molecule has 0 bridgehead atoms. The largest absolute Gasteiger partial charge is 0.459 e. The number of esters is 2. The maximum Gasteiger partial charge on any atom is 0.342 e. The van der Waals surface area contributed by atoms with Gasteiger partial charge in [-0.25, -0.2) is 14.4 Å². The van der Waals surface area contributed by atoms with Gasteiger partial charge in [-0.2, -0.15) is 0 Å². The molecule has 8 heteroatoms. The Bertz CT molecular complexity index is 1970. The number of nitrogens with zero attached hydrogens (tertiary/aromatic N) is 1. The number of carbonyl (C=O) groups excluding carboxylic acids is 3. The van der Waals surface area contributed by atoms with Crippen LogP contribution in [0.1, 0.15) is 42.5 Å². The van der Waals surface area contributed by atoms with Gasteiger partial charge in [-0.15, -0.1) is 0 Å². The van der Waals surface area contributed by atoms with E-state index in [1.165, 1.54) is 10.5 Å². The highest BCUT2D eigenvalue weighted by Crippen LogP contribution is 2.29. The highest BCUT2D eigenvalue weighted by molar-refractivity contribution is 5.96. The first-order chi connectivity index (χ1) is 24.7. The maximum absolute atomic E-state index is 13.8. The van der Waals surface area contributed by atoms with Gasteiger partial charge in [0.15, 0.2) is 6.10 Å². The molecule has 0 fully saturated rings. The lowest BCUT2D eigenvalue weighted by Gasteiger charge is -2.28. The molecule has 0 radical (unpaired) electrons. The molecule has 0 aromatic heterocycles. The highest BCUT2D eigenvalue weighted by atomic mass is 16.6. The zero-order valence-corrected chi connectivity index (χ0v) is 29.1. The fraction of sp³-hybridized carbons (Fsp3) is 0.279. The first kappa shape index (κ1) is 35.4. The molecule has 1 unspecified atom stereocenters. The van der Waals surface area contributed by atoms with Crippen LogP contribution >= 0.6 is 0 Å². The number of fused-ring (bicyclic) bond motifs is 2. The van der Waals surface area contributed by atoms with Crippen LogP contribution in [-0.2, 0) is 40.2 Å². The second-order valence-corrected chi connectivity index (χ2v) is 13.5. The summed E-state index contributed by atoms with van der Waals surface area (Å²) in [7, 11) is 0. The van der Waals surface area contributed by atoms with Crippen molar-refractivity contribution in [3.8, 4) is 16.9 Å². The fourth-order valence-electron chi connectivity index (χ4n) is 6.56. The van der Waals surface area contributed by atoms with E-state index in [0.29, 0.717) is 5.75 Å². The minimum Gasteiger partial charge on any atom is -0.459 e. The summed E-state index contributed by atoms with van der Waals surface area (Å²) >= 11 is 0. The SMILES string of the molecule is CC(C)CN(CC(O)C(=O)Oc1ccc2c(c1)CCC2)C(=O)N[C@@H](Cc1ccc(-c2cccc3ccccc23)cc1)C(=O)OCc1ccccc1. The van der Waals surface area contributed by atoms with Crippen molar-refractivity contribution in [1.29, 1.82) is 0 Å². The number of rotatable bonds is 13. The molecule has 6 rings (SSSR count). The Hall–Kier alpha value is -5.47. The molecule has 0 spiro atoms. The first-order valence-electron chi connectivity index (χ1n) is 17.6. The highest BCUT2D eigenvalue weighted by Gasteiger charge is 2.29. The van der Waals surface area contributed by atoms with Crippen LogP contribution < -0.4 is 10.1 Å². The summed E-state index contributed by atoms with van der Waals surface area (Å²) in [5.74, 6) is -1.06. The van der Waals surface area contributed by atoms with E-state index < -0.39 is 30.1 Å². The average Bonchev–Trinajstić information content (AvgIpc) is 3.61. The second-order valence-electron chi connectivity index (χ2n) is 13.5. The molecule has 8 nitrogen and oxygen atoms in total. The van der Waals surface area contributed by atoms with Crippen LogP contribution in [-0.4, -0.2) is 53.2 Å². The number of aryl methyl sites for hydroxylation is 2. The van der Waals surface area contributed by atoms with Gasteiger partial charge in [-0.05, 0) is 81.5 Å². The van der Waals surface area contributed by atoms with Crippen molar-refractivity contribution in [1.82, 2.24) is 10.2 Å². The normalized spacial score (nSPS) is 13.3. The van der Waals surface area contributed by atoms with Crippen LogP contribution in [0, 0.1) is 5.92 Å². The first-order valence-corrected chi connectivity index (χ1v) is 17.6. The number of hydrogen-bond acceptors (Lipinski definition) is 6. The number of carbonyl (C=O) groups is 3. The molecule has 1 aliphatic carbocycles. The predicted molar refractivity (Wildman–Crippen MR) is 198 cm³/mol. The topological polar surface area (TPSA) is 105 Å². The predicted octanol–water partition coefficient (Wildman–Crippen LogP) is 7.28. The lowest BCUT2D eigenvalue weighted by Crippen LogP contribution is -2.52. The zero-order valence-electron chi connectivity index (χ0n) is 29.1. The Kier molecular flexibility index (Phi) is 11.4. The molecule has 0 heterocycles. The Morgan fingerprint density at radius 3 is 2.27 bits per heavy atom. The number of urea groups is 1. The van der Waals surface area contributed by atoms with Gasteiger partial charge in [0.05, 0.1) is 6.54 Å². The molecular formula is C43H44N2O6. The third kappa shape index (κ3) is 9.21. The number of benzene rings is 5. The lowest BCUT2D eigenvalue weighted by atomic mass is 9.96. The van der Waals surface area contributed by atoms with Crippen molar-refractivity contribution in [2.75, 3.05) is 13.1 Å². The number of nitrogens with one attached hydrogen (secondary N) is 1. The number of hydrogen-bond donors (Lipinski definition) is 2. The third-order valence-corrected chi connectivity index (χ3v) is 9.13. The lowest BCUT2D eigenvalue weighted by molar-refractivity contribution is -0.147. The van der Waals surface area contributed by atoms with Crippen molar-refractivity contribution >= 4 is 28.7 Å². The Morgan fingerprint density at radius 2 is 1.49 bits per heavy atom. The number of amides is 2. The van der Waals surface area contributed by atoms with E-state index in [0.717, 1.165) is 57.9 Å². The molecule has 51 heavy (non-hydrogen) atoms. The van der Waals surface area contributed by atoms with Crippen LogP contribution in [0.25, 0.3) is 21.9 Å². The second kappa shape index (κ2) is 16.5. The van der Waals surface area contributed by atoms with Gasteiger partial charge in [-0.3, -0.25) is 0 Å². The van der Waals surface area contributed by atoms with Crippen molar-refractivity contribution in [2.24, 2.45) is 5.92 Å². The summed E-state index contributed by atoms with van der Waals surface area (Å²) in [6.45, 7) is 3.84. The van der Waals surface area contributed by atoms with Crippen LogP contribution in [0.5, 0.6) is 5.75 Å². The molecule has 0 saturated carbocycles. The third-order valence-electron chi connectivity index (χ3n) is 9.13. The van der Waals surface area contributed by atoms with E-state index in [-0.39, 0.29) is 32.0 Å². The van der Waals surface area contributed by atoms with Crippen molar-refractivity contribution < 1.29 is 29.0 Å². The summed E-state index contributed by atoms with van der Waals surface area (Å²) in [5, 5.41) is 16.0. The van der Waals surface area contributed by atoms with Gasteiger partial charge < -0.3 is 24.8 Å². The van der Waals surface area contributed by atoms with Gasteiger partial charge in [-0.1, -0.05) is 117 Å². The summed E-state index contributed by atoms with van der Waals surface area (Å²) < 4.78 is 11.2.